The Morgan fingerprint density at radius 3 is 2.28 bits per heavy atom. The van der Waals surface area contributed by atoms with Gasteiger partial charge >= 0.3 is 0 Å². The van der Waals surface area contributed by atoms with Gasteiger partial charge in [0.2, 0.25) is 10.0 Å². The zero-order valence-corrected chi connectivity index (χ0v) is 16.4. The Kier molecular flexibility index (Phi) is 7.10. The molecule has 6 nitrogen and oxygen atoms in total. The first-order chi connectivity index (χ1) is 12.0. The third kappa shape index (κ3) is 5.62. The van der Waals surface area contributed by atoms with E-state index in [0.717, 1.165) is 5.75 Å². The highest BCUT2D eigenvalue weighted by atomic mass is 79.9. The molecule has 0 aliphatic rings. The molecule has 0 heterocycles. The van der Waals surface area contributed by atoms with E-state index in [9.17, 15) is 8.42 Å². The first kappa shape index (κ1) is 19.6. The fraction of sp³-hybridized carbons (Fsp3) is 0.294. The third-order valence-corrected chi connectivity index (χ3v) is 5.19. The molecule has 2 aromatic rings. The summed E-state index contributed by atoms with van der Waals surface area (Å²) in [5.74, 6) is 1.68. The van der Waals surface area contributed by atoms with E-state index in [4.69, 9.17) is 14.2 Å². The van der Waals surface area contributed by atoms with E-state index >= 15 is 0 Å². The van der Waals surface area contributed by atoms with Crippen LogP contribution in [0.4, 0.5) is 0 Å². The van der Waals surface area contributed by atoms with Crippen molar-refractivity contribution in [3.63, 3.8) is 0 Å². The Balaban J connectivity index is 1.91. The van der Waals surface area contributed by atoms with Crippen molar-refractivity contribution in [3.05, 3.63) is 46.9 Å². The van der Waals surface area contributed by atoms with E-state index in [1.165, 1.54) is 13.2 Å². The van der Waals surface area contributed by atoms with Gasteiger partial charge in [0, 0.05) is 11.0 Å². The number of sulfonamides is 1. The molecule has 0 atom stereocenters. The van der Waals surface area contributed by atoms with E-state index in [2.05, 4.69) is 20.7 Å². The number of hydrogen-bond acceptors (Lipinski definition) is 5. The zero-order chi connectivity index (χ0) is 18.3. The van der Waals surface area contributed by atoms with Crippen LogP contribution in [-0.2, 0) is 10.0 Å². The number of nitrogens with one attached hydrogen (secondary N) is 1. The van der Waals surface area contributed by atoms with Crippen molar-refractivity contribution < 1.29 is 22.6 Å². The summed E-state index contributed by atoms with van der Waals surface area (Å²) in [4.78, 5) is 0.0745. The summed E-state index contributed by atoms with van der Waals surface area (Å²) in [6, 6.07) is 12.0. The number of rotatable bonds is 9. The fourth-order valence-corrected chi connectivity index (χ4v) is 3.80. The van der Waals surface area contributed by atoms with Crippen molar-refractivity contribution in [2.75, 3.05) is 26.9 Å². The Hall–Kier alpha value is -1.77. The highest BCUT2D eigenvalue weighted by Gasteiger charge is 2.19. The van der Waals surface area contributed by atoms with Crippen LogP contribution in [0.25, 0.3) is 0 Å². The third-order valence-electron chi connectivity index (χ3n) is 3.21. The molecule has 2 aromatic carbocycles. The molecule has 0 bridgehead atoms. The van der Waals surface area contributed by atoms with E-state index in [1.54, 1.807) is 36.4 Å². The molecule has 8 heteroatoms. The summed E-state index contributed by atoms with van der Waals surface area (Å²) in [5.41, 5.74) is 0. The molecule has 136 valence electrons. The van der Waals surface area contributed by atoms with Crippen molar-refractivity contribution in [2.45, 2.75) is 11.8 Å². The maximum Gasteiger partial charge on any atom is 0.244 e. The smallest absolute Gasteiger partial charge is 0.244 e. The molecule has 0 spiro atoms. The minimum atomic E-state index is -3.70. The van der Waals surface area contributed by atoms with Crippen molar-refractivity contribution in [1.29, 1.82) is 0 Å². The molecule has 0 amide bonds. The molecule has 0 saturated carbocycles. The normalized spacial score (nSPS) is 11.2. The van der Waals surface area contributed by atoms with Gasteiger partial charge < -0.3 is 14.2 Å². The van der Waals surface area contributed by atoms with Crippen LogP contribution in [0.1, 0.15) is 6.92 Å². The summed E-state index contributed by atoms with van der Waals surface area (Å²) >= 11 is 3.26. The van der Waals surface area contributed by atoms with E-state index in [1.807, 2.05) is 6.92 Å². The van der Waals surface area contributed by atoms with Gasteiger partial charge in [0.25, 0.3) is 0 Å². The van der Waals surface area contributed by atoms with Crippen LogP contribution in [-0.4, -0.2) is 35.3 Å². The van der Waals surface area contributed by atoms with Crippen LogP contribution in [0.2, 0.25) is 0 Å². The predicted octanol–water partition coefficient (Wildman–Crippen LogP) is 3.21. The molecule has 1 N–H and O–H groups in total. The van der Waals surface area contributed by atoms with Crippen LogP contribution >= 0.6 is 15.9 Å². The van der Waals surface area contributed by atoms with Crippen LogP contribution in [0.3, 0.4) is 0 Å². The van der Waals surface area contributed by atoms with Crippen LogP contribution < -0.4 is 18.9 Å². The van der Waals surface area contributed by atoms with E-state index in [0.29, 0.717) is 16.8 Å². The lowest BCUT2D eigenvalue weighted by Gasteiger charge is -2.12. The van der Waals surface area contributed by atoms with Gasteiger partial charge in [-0.1, -0.05) is 15.9 Å². The molecular formula is C17H20BrNO5S. The minimum Gasteiger partial charge on any atom is -0.495 e. The Bertz CT molecular complexity index is 793. The second kappa shape index (κ2) is 9.07. The highest BCUT2D eigenvalue weighted by Crippen LogP contribution is 2.27. The van der Waals surface area contributed by atoms with Gasteiger partial charge in [0.05, 0.1) is 13.7 Å². The second-order valence-corrected chi connectivity index (χ2v) is 7.60. The topological polar surface area (TPSA) is 73.9 Å². The zero-order valence-electron chi connectivity index (χ0n) is 14.0. The quantitative estimate of drug-likeness (QED) is 0.619. The number of hydrogen-bond donors (Lipinski definition) is 1. The Labute approximate surface area is 156 Å². The number of halogens is 1. The summed E-state index contributed by atoms with van der Waals surface area (Å²) < 4.78 is 44.0. The van der Waals surface area contributed by atoms with Crippen LogP contribution in [0, 0.1) is 0 Å². The minimum absolute atomic E-state index is 0.0745. The van der Waals surface area contributed by atoms with Crippen LogP contribution in [0.5, 0.6) is 17.2 Å². The van der Waals surface area contributed by atoms with Gasteiger partial charge in [0.15, 0.2) is 0 Å². The molecule has 2 rings (SSSR count). The van der Waals surface area contributed by atoms with Crippen molar-refractivity contribution in [1.82, 2.24) is 4.72 Å². The first-order valence-corrected chi connectivity index (χ1v) is 9.92. The highest BCUT2D eigenvalue weighted by molar-refractivity contribution is 9.10. The van der Waals surface area contributed by atoms with Gasteiger partial charge in [-0.2, -0.15) is 0 Å². The van der Waals surface area contributed by atoms with E-state index < -0.39 is 10.0 Å². The second-order valence-electron chi connectivity index (χ2n) is 4.95. The molecule has 25 heavy (non-hydrogen) atoms. The average Bonchev–Trinajstić information content (AvgIpc) is 2.60. The largest absolute Gasteiger partial charge is 0.495 e. The van der Waals surface area contributed by atoms with Gasteiger partial charge in [-0.05, 0) is 49.4 Å². The van der Waals surface area contributed by atoms with Gasteiger partial charge in [-0.15, -0.1) is 0 Å². The molecule has 0 aliphatic carbocycles. The van der Waals surface area contributed by atoms with Gasteiger partial charge in [0.1, 0.15) is 28.8 Å². The van der Waals surface area contributed by atoms with Gasteiger partial charge in [-0.25, -0.2) is 13.1 Å². The summed E-state index contributed by atoms with van der Waals surface area (Å²) in [6.45, 7) is 2.84. The molecular weight excluding hydrogens is 410 g/mol. The molecule has 0 saturated heterocycles. The lowest BCUT2D eigenvalue weighted by Crippen LogP contribution is -2.28. The summed E-state index contributed by atoms with van der Waals surface area (Å²) in [7, 11) is -2.27. The maximum atomic E-state index is 12.4. The lowest BCUT2D eigenvalue weighted by molar-refractivity contribution is 0.319. The molecule has 0 radical (unpaired) electrons. The summed E-state index contributed by atoms with van der Waals surface area (Å²) in [5, 5.41) is 0. The number of ether oxygens (including phenoxy) is 3. The van der Waals surface area contributed by atoms with Crippen molar-refractivity contribution in [3.8, 4) is 17.2 Å². The molecule has 0 unspecified atom stereocenters. The molecule has 0 fully saturated rings. The predicted molar refractivity (Wildman–Crippen MR) is 99.0 cm³/mol. The first-order valence-electron chi connectivity index (χ1n) is 7.65. The number of benzene rings is 2. The summed E-state index contributed by atoms with van der Waals surface area (Å²) in [6.07, 6.45) is 0. The Morgan fingerprint density at radius 2 is 1.68 bits per heavy atom. The van der Waals surface area contributed by atoms with Crippen molar-refractivity contribution >= 4 is 26.0 Å². The fourth-order valence-electron chi connectivity index (χ4n) is 2.08. The lowest BCUT2D eigenvalue weighted by atomic mass is 10.3. The van der Waals surface area contributed by atoms with Crippen molar-refractivity contribution in [2.24, 2.45) is 0 Å². The van der Waals surface area contributed by atoms with Crippen LogP contribution in [0.15, 0.2) is 51.8 Å². The monoisotopic (exact) mass is 429 g/mol. The standard InChI is InChI=1S/C17H20BrNO5S/c1-3-23-14-5-7-15(8-6-14)24-11-10-19-25(20,21)17-12-13(18)4-9-16(17)22-2/h4-9,12,19H,3,10-11H2,1-2H3. The Morgan fingerprint density at radius 1 is 1.04 bits per heavy atom. The van der Waals surface area contributed by atoms with Gasteiger partial charge in [-0.3, -0.25) is 0 Å². The molecule has 0 aliphatic heterocycles. The number of methoxy groups -OCH3 is 1. The maximum absolute atomic E-state index is 12.4. The average molecular weight is 430 g/mol. The SMILES string of the molecule is CCOc1ccc(OCCNS(=O)(=O)c2cc(Br)ccc2OC)cc1. The van der Waals surface area contributed by atoms with E-state index in [-0.39, 0.29) is 23.8 Å². The molecule has 0 aromatic heterocycles.